The van der Waals surface area contributed by atoms with Crippen LogP contribution in [0.5, 0.6) is 0 Å². The first-order valence-corrected chi connectivity index (χ1v) is 10.8. The van der Waals surface area contributed by atoms with Crippen LogP contribution < -0.4 is 5.14 Å². The Kier molecular flexibility index (Phi) is 7.28. The second kappa shape index (κ2) is 9.19. The van der Waals surface area contributed by atoms with E-state index in [9.17, 15) is 26.0 Å². The van der Waals surface area contributed by atoms with Gasteiger partial charge in [-0.25, -0.2) is 22.9 Å². The summed E-state index contributed by atoms with van der Waals surface area (Å²) in [5.74, 6) is -1.31. The summed E-state index contributed by atoms with van der Waals surface area (Å²) in [6.07, 6.45) is -2.48. The Morgan fingerprint density at radius 2 is 1.94 bits per heavy atom. The van der Waals surface area contributed by atoms with E-state index in [4.69, 9.17) is 5.14 Å². The van der Waals surface area contributed by atoms with E-state index in [0.717, 1.165) is 29.0 Å². The fourth-order valence-electron chi connectivity index (χ4n) is 2.97. The molecule has 0 bridgehead atoms. The average molecular weight is 457 g/mol. The normalized spacial score (nSPS) is 13.9. The minimum Gasteiger partial charge on any atom is -0.326 e. The predicted octanol–water partition coefficient (Wildman–Crippen LogP) is 5.02. The Hall–Kier alpha value is -2.72. The van der Waals surface area contributed by atoms with Crippen molar-refractivity contribution in [2.45, 2.75) is 39.9 Å². The molecule has 168 valence electrons. The van der Waals surface area contributed by atoms with Gasteiger partial charge in [-0.15, -0.1) is 0 Å². The molecule has 2 rings (SSSR count). The number of alkyl halides is 3. The van der Waals surface area contributed by atoms with E-state index in [-0.39, 0.29) is 24.4 Å². The molecule has 2 aromatic rings. The lowest BCUT2D eigenvalue weighted by molar-refractivity contribution is -0.141. The first-order chi connectivity index (χ1) is 14.3. The number of hydrogen-bond acceptors (Lipinski definition) is 3. The third-order valence-corrected chi connectivity index (χ3v) is 5.56. The molecule has 1 aromatic heterocycles. The molecule has 10 heteroatoms. The van der Waals surface area contributed by atoms with Crippen LogP contribution in [0.4, 0.5) is 17.6 Å². The third kappa shape index (κ3) is 5.92. The lowest BCUT2D eigenvalue weighted by Gasteiger charge is -2.13. The molecule has 0 atom stereocenters. The van der Waals surface area contributed by atoms with Crippen LogP contribution in [-0.2, 0) is 22.7 Å². The van der Waals surface area contributed by atoms with Crippen molar-refractivity contribution in [3.05, 3.63) is 82.1 Å². The molecule has 1 heterocycles. The summed E-state index contributed by atoms with van der Waals surface area (Å²) in [6, 6.07) is 5.55. The molecule has 1 aromatic carbocycles. The highest BCUT2D eigenvalue weighted by molar-refractivity contribution is 7.93. The van der Waals surface area contributed by atoms with Crippen LogP contribution in [0.3, 0.4) is 0 Å². The van der Waals surface area contributed by atoms with E-state index in [1.165, 1.54) is 11.5 Å². The third-order valence-electron chi connectivity index (χ3n) is 4.62. The number of primary sulfonamides is 1. The van der Waals surface area contributed by atoms with E-state index in [1.807, 2.05) is 32.0 Å². The first-order valence-electron chi connectivity index (χ1n) is 9.24. The SMILES string of the molecule is C=C/C(=C\C(F)=C(/CC)c1nc(C(F)(F)F)cn1Cc1cc(C)ccc1C)S(N)(=O)=O. The number of aryl methyl sites for hydroxylation is 2. The molecule has 0 aliphatic rings. The summed E-state index contributed by atoms with van der Waals surface area (Å²) in [7, 11) is -4.26. The van der Waals surface area contributed by atoms with Crippen LogP contribution in [0.1, 0.15) is 41.6 Å². The molecular formula is C21H23F4N3O2S. The number of imidazole rings is 1. The van der Waals surface area contributed by atoms with Crippen LogP contribution in [0, 0.1) is 13.8 Å². The highest BCUT2D eigenvalue weighted by atomic mass is 32.2. The van der Waals surface area contributed by atoms with Crippen LogP contribution in [0.2, 0.25) is 0 Å². The maximum Gasteiger partial charge on any atom is 0.434 e. The monoisotopic (exact) mass is 457 g/mol. The lowest BCUT2D eigenvalue weighted by atomic mass is 10.1. The number of aromatic nitrogens is 2. The molecule has 0 amide bonds. The summed E-state index contributed by atoms with van der Waals surface area (Å²) in [4.78, 5) is 3.02. The summed E-state index contributed by atoms with van der Waals surface area (Å²) >= 11 is 0. The number of rotatable bonds is 7. The molecule has 0 fully saturated rings. The Bertz CT molecular complexity index is 1160. The number of sulfonamides is 1. The van der Waals surface area contributed by atoms with Gasteiger partial charge in [0.25, 0.3) is 0 Å². The topological polar surface area (TPSA) is 78.0 Å². The molecule has 2 N–H and O–H groups in total. The number of allylic oxidation sites excluding steroid dienone is 4. The molecule has 0 aliphatic carbocycles. The summed E-state index contributed by atoms with van der Waals surface area (Å²) in [5, 5.41) is 5.02. The maximum absolute atomic E-state index is 15.0. The van der Waals surface area contributed by atoms with Crippen molar-refractivity contribution >= 4 is 15.6 Å². The van der Waals surface area contributed by atoms with Crippen molar-refractivity contribution in [1.82, 2.24) is 9.55 Å². The van der Waals surface area contributed by atoms with Crippen LogP contribution in [0.25, 0.3) is 5.57 Å². The Balaban J connectivity index is 2.72. The average Bonchev–Trinajstić information content (AvgIpc) is 3.06. The van der Waals surface area contributed by atoms with Gasteiger partial charge in [0.2, 0.25) is 10.0 Å². The number of hydrogen-bond donors (Lipinski definition) is 1. The molecule has 0 saturated heterocycles. The fourth-order valence-corrected chi connectivity index (χ4v) is 3.47. The zero-order chi connectivity index (χ0) is 23.6. The maximum atomic E-state index is 15.0. The molecule has 0 spiro atoms. The van der Waals surface area contributed by atoms with Crippen molar-refractivity contribution in [2.24, 2.45) is 5.14 Å². The highest BCUT2D eigenvalue weighted by Gasteiger charge is 2.35. The Labute approximate surface area is 178 Å². The number of halogens is 4. The van der Waals surface area contributed by atoms with E-state index in [2.05, 4.69) is 11.6 Å². The number of benzene rings is 1. The first kappa shape index (κ1) is 24.5. The largest absolute Gasteiger partial charge is 0.434 e. The number of nitrogens with zero attached hydrogens (tertiary/aromatic N) is 2. The van der Waals surface area contributed by atoms with Gasteiger partial charge in [0.1, 0.15) is 11.7 Å². The van der Waals surface area contributed by atoms with Crippen LogP contribution in [-0.4, -0.2) is 18.0 Å². The van der Waals surface area contributed by atoms with Gasteiger partial charge in [-0.3, -0.25) is 0 Å². The lowest BCUT2D eigenvalue weighted by Crippen LogP contribution is -2.13. The van der Waals surface area contributed by atoms with Crippen molar-refractivity contribution in [2.75, 3.05) is 0 Å². The minimum atomic E-state index is -4.74. The van der Waals surface area contributed by atoms with E-state index < -0.39 is 32.6 Å². The summed E-state index contributed by atoms with van der Waals surface area (Å²) < 4.78 is 79.3. The highest BCUT2D eigenvalue weighted by Crippen LogP contribution is 2.33. The predicted molar refractivity (Wildman–Crippen MR) is 112 cm³/mol. The molecule has 31 heavy (non-hydrogen) atoms. The second-order valence-electron chi connectivity index (χ2n) is 6.98. The fraction of sp³-hybridized carbons (Fsp3) is 0.286. The van der Waals surface area contributed by atoms with Gasteiger partial charge in [-0.1, -0.05) is 37.3 Å². The van der Waals surface area contributed by atoms with Gasteiger partial charge >= 0.3 is 6.18 Å². The second-order valence-corrected chi connectivity index (χ2v) is 8.54. The van der Waals surface area contributed by atoms with Gasteiger partial charge in [0.15, 0.2) is 5.69 Å². The van der Waals surface area contributed by atoms with Crippen molar-refractivity contribution in [3.63, 3.8) is 0 Å². The van der Waals surface area contributed by atoms with Gasteiger partial charge in [0, 0.05) is 18.3 Å². The molecule has 0 aliphatic heterocycles. The van der Waals surface area contributed by atoms with Gasteiger partial charge in [0.05, 0.1) is 4.91 Å². The summed E-state index contributed by atoms with van der Waals surface area (Å²) in [5.41, 5.74) is 1.15. The Morgan fingerprint density at radius 3 is 2.45 bits per heavy atom. The van der Waals surface area contributed by atoms with Crippen molar-refractivity contribution < 1.29 is 26.0 Å². The van der Waals surface area contributed by atoms with Crippen molar-refractivity contribution in [3.8, 4) is 0 Å². The molecular weight excluding hydrogens is 434 g/mol. The molecule has 0 radical (unpaired) electrons. The van der Waals surface area contributed by atoms with Crippen LogP contribution >= 0.6 is 0 Å². The van der Waals surface area contributed by atoms with Crippen molar-refractivity contribution in [1.29, 1.82) is 0 Å². The standard InChI is InChI=1S/C21H23F4N3O2S/c1-5-16(31(26,29)30)10-18(22)17(6-2)20-27-19(21(23,24)25)12-28(20)11-15-9-13(3)7-8-14(15)4/h5,7-10,12H,1,6,11H2,2-4H3,(H2,26,29,30)/b16-10+,18-17-. The number of nitrogens with two attached hydrogens (primary N) is 1. The van der Waals surface area contributed by atoms with Gasteiger partial charge < -0.3 is 4.57 Å². The Morgan fingerprint density at radius 1 is 1.29 bits per heavy atom. The zero-order valence-electron chi connectivity index (χ0n) is 17.3. The summed E-state index contributed by atoms with van der Waals surface area (Å²) in [6.45, 7) is 8.50. The molecule has 0 saturated carbocycles. The van der Waals surface area contributed by atoms with Gasteiger partial charge in [-0.2, -0.15) is 13.2 Å². The van der Waals surface area contributed by atoms with E-state index in [1.54, 1.807) is 0 Å². The minimum absolute atomic E-state index is 0.0237. The zero-order valence-corrected chi connectivity index (χ0v) is 18.1. The van der Waals surface area contributed by atoms with Gasteiger partial charge in [-0.05, 0) is 43.5 Å². The van der Waals surface area contributed by atoms with E-state index in [0.29, 0.717) is 6.08 Å². The molecule has 0 unspecified atom stereocenters. The van der Waals surface area contributed by atoms with Crippen LogP contribution in [0.15, 0.2) is 53.9 Å². The quantitative estimate of drug-likeness (QED) is 0.469. The smallest absolute Gasteiger partial charge is 0.326 e. The van der Waals surface area contributed by atoms with E-state index >= 15 is 0 Å². The molecule has 5 nitrogen and oxygen atoms in total.